The molecule has 0 aromatic carbocycles. The SMILES string of the molecule is CCCC=C1[C@H](O[Si](C)(C)C(C)(C)C)CC(=CCO)C[C@H]1O[Si](C)(C)C(C)(C)C. The van der Waals surface area contributed by atoms with E-state index < -0.39 is 16.6 Å². The number of unbranched alkanes of at least 4 members (excludes halogenated alkanes) is 1. The van der Waals surface area contributed by atoms with Gasteiger partial charge < -0.3 is 14.0 Å². The third-order valence-electron chi connectivity index (χ3n) is 7.17. The van der Waals surface area contributed by atoms with Crippen LogP contribution in [0.3, 0.4) is 0 Å². The van der Waals surface area contributed by atoms with E-state index in [1.807, 2.05) is 6.08 Å². The highest BCUT2D eigenvalue weighted by Crippen LogP contribution is 2.44. The van der Waals surface area contributed by atoms with E-state index >= 15 is 0 Å². The molecule has 0 amide bonds. The molecule has 0 aliphatic heterocycles. The van der Waals surface area contributed by atoms with Crippen molar-refractivity contribution >= 4 is 16.6 Å². The first-order valence-corrected chi connectivity index (χ1v) is 17.2. The summed E-state index contributed by atoms with van der Waals surface area (Å²) in [4.78, 5) is 0. The van der Waals surface area contributed by atoms with Crippen molar-refractivity contribution in [3.8, 4) is 0 Å². The quantitative estimate of drug-likeness (QED) is 0.336. The molecular formula is C24H48O3Si2. The van der Waals surface area contributed by atoms with Crippen LogP contribution in [-0.2, 0) is 8.85 Å². The maximum absolute atomic E-state index is 9.57. The van der Waals surface area contributed by atoms with Crippen LogP contribution in [0.1, 0.15) is 74.1 Å². The summed E-state index contributed by atoms with van der Waals surface area (Å²) in [5, 5.41) is 9.89. The molecule has 0 spiro atoms. The zero-order valence-corrected chi connectivity index (χ0v) is 23.1. The zero-order valence-electron chi connectivity index (χ0n) is 21.1. The molecule has 0 aromatic rings. The summed E-state index contributed by atoms with van der Waals surface area (Å²) >= 11 is 0. The van der Waals surface area contributed by atoms with Gasteiger partial charge in [-0.2, -0.15) is 0 Å². The summed E-state index contributed by atoms with van der Waals surface area (Å²) < 4.78 is 13.9. The van der Waals surface area contributed by atoms with E-state index in [2.05, 4.69) is 80.7 Å². The van der Waals surface area contributed by atoms with E-state index in [4.69, 9.17) is 8.85 Å². The molecule has 0 saturated heterocycles. The Morgan fingerprint density at radius 3 is 1.59 bits per heavy atom. The van der Waals surface area contributed by atoms with Crippen LogP contribution < -0.4 is 0 Å². The minimum absolute atomic E-state index is 0.0590. The minimum atomic E-state index is -1.93. The summed E-state index contributed by atoms with van der Waals surface area (Å²) in [5.74, 6) is 0. The molecule has 0 heterocycles. The lowest BCUT2D eigenvalue weighted by atomic mass is 9.85. The Labute approximate surface area is 183 Å². The number of allylic oxidation sites excluding steroid dienone is 1. The van der Waals surface area contributed by atoms with Gasteiger partial charge >= 0.3 is 0 Å². The normalized spacial score (nSPS) is 22.1. The predicted octanol–water partition coefficient (Wildman–Crippen LogP) is 7.21. The van der Waals surface area contributed by atoms with Gasteiger partial charge in [-0.25, -0.2) is 0 Å². The predicted molar refractivity (Wildman–Crippen MR) is 132 cm³/mol. The first-order valence-electron chi connectivity index (χ1n) is 11.4. The van der Waals surface area contributed by atoms with E-state index in [0.29, 0.717) is 0 Å². The number of hydrogen-bond acceptors (Lipinski definition) is 3. The highest BCUT2D eigenvalue weighted by molar-refractivity contribution is 6.74. The fourth-order valence-electron chi connectivity index (χ4n) is 3.16. The Kier molecular flexibility index (Phi) is 9.20. The Balaban J connectivity index is 3.35. The van der Waals surface area contributed by atoms with Crippen LogP contribution >= 0.6 is 0 Å². The Morgan fingerprint density at radius 1 is 0.862 bits per heavy atom. The number of aliphatic hydroxyl groups is 1. The summed E-state index contributed by atoms with van der Waals surface area (Å²) in [6.07, 6.45) is 8.42. The highest BCUT2D eigenvalue weighted by Gasteiger charge is 2.45. The van der Waals surface area contributed by atoms with Crippen molar-refractivity contribution in [1.82, 2.24) is 0 Å². The van der Waals surface area contributed by atoms with Gasteiger partial charge in [0.25, 0.3) is 0 Å². The third-order valence-corrected chi connectivity index (χ3v) is 16.1. The average Bonchev–Trinajstić information content (AvgIpc) is 2.51. The van der Waals surface area contributed by atoms with Crippen LogP contribution in [0.5, 0.6) is 0 Å². The van der Waals surface area contributed by atoms with Crippen molar-refractivity contribution in [2.75, 3.05) is 6.61 Å². The molecule has 1 aliphatic rings. The van der Waals surface area contributed by atoms with Gasteiger partial charge in [0, 0.05) is 0 Å². The van der Waals surface area contributed by atoms with Crippen molar-refractivity contribution < 1.29 is 14.0 Å². The van der Waals surface area contributed by atoms with E-state index in [-0.39, 0.29) is 28.9 Å². The molecule has 29 heavy (non-hydrogen) atoms. The summed E-state index contributed by atoms with van der Waals surface area (Å²) in [6.45, 7) is 25.4. The van der Waals surface area contributed by atoms with Crippen LogP contribution in [0.2, 0.25) is 36.3 Å². The maximum Gasteiger partial charge on any atom is 0.192 e. The van der Waals surface area contributed by atoms with Crippen LogP contribution in [-0.4, -0.2) is 40.6 Å². The second-order valence-corrected chi connectivity index (χ2v) is 21.2. The number of rotatable bonds is 7. The van der Waals surface area contributed by atoms with Crippen LogP contribution in [0, 0.1) is 0 Å². The molecule has 1 rings (SSSR count). The highest BCUT2D eigenvalue weighted by atomic mass is 28.4. The summed E-state index contributed by atoms with van der Waals surface area (Å²) in [5.41, 5.74) is 2.62. The number of hydrogen-bond donors (Lipinski definition) is 1. The van der Waals surface area contributed by atoms with Crippen molar-refractivity contribution in [2.45, 2.75) is 123 Å². The van der Waals surface area contributed by atoms with Crippen molar-refractivity contribution in [3.63, 3.8) is 0 Å². The van der Waals surface area contributed by atoms with Crippen LogP contribution in [0.4, 0.5) is 0 Å². The van der Waals surface area contributed by atoms with Gasteiger partial charge in [0.05, 0.1) is 18.8 Å². The minimum Gasteiger partial charge on any atom is -0.410 e. The van der Waals surface area contributed by atoms with Gasteiger partial charge in [-0.05, 0) is 61.1 Å². The number of aliphatic hydroxyl groups excluding tert-OH is 1. The third kappa shape index (κ3) is 7.17. The van der Waals surface area contributed by atoms with Crippen molar-refractivity contribution in [3.05, 3.63) is 23.3 Å². The standard InChI is InChI=1S/C24H48O3Si2/c1-12-13-14-20-21(26-28(8,9)23(2,3)4)17-19(15-16-25)18-22(20)27-29(10,11)24(5,6)7/h14-15,21-22,25H,12-13,16-18H2,1-11H3/t21-,22-/m1/s1. The van der Waals surface area contributed by atoms with Crippen LogP contribution in [0.25, 0.3) is 0 Å². The Hall–Kier alpha value is -0.206. The second-order valence-electron chi connectivity index (χ2n) is 11.7. The van der Waals surface area contributed by atoms with Gasteiger partial charge in [0.15, 0.2) is 16.6 Å². The monoisotopic (exact) mass is 440 g/mol. The van der Waals surface area contributed by atoms with Gasteiger partial charge in [0.2, 0.25) is 0 Å². The van der Waals surface area contributed by atoms with Crippen LogP contribution in [0.15, 0.2) is 23.3 Å². The molecule has 0 unspecified atom stereocenters. The van der Waals surface area contributed by atoms with Gasteiger partial charge in [-0.3, -0.25) is 0 Å². The molecule has 1 aliphatic carbocycles. The van der Waals surface area contributed by atoms with E-state index in [9.17, 15) is 5.11 Å². The first kappa shape index (κ1) is 26.8. The van der Waals surface area contributed by atoms with E-state index in [1.54, 1.807) is 0 Å². The molecule has 3 nitrogen and oxygen atoms in total. The van der Waals surface area contributed by atoms with Crippen molar-refractivity contribution in [2.24, 2.45) is 0 Å². The lowest BCUT2D eigenvalue weighted by Crippen LogP contribution is -2.50. The molecule has 0 bridgehead atoms. The molecule has 0 radical (unpaired) electrons. The fraction of sp³-hybridized carbons (Fsp3) is 0.833. The summed E-state index contributed by atoms with van der Waals surface area (Å²) in [7, 11) is -3.85. The summed E-state index contributed by atoms with van der Waals surface area (Å²) in [6, 6.07) is 0. The maximum atomic E-state index is 9.57. The molecule has 1 fully saturated rings. The molecule has 5 heteroatoms. The molecule has 1 N–H and O–H groups in total. The average molecular weight is 441 g/mol. The first-order chi connectivity index (χ1) is 13.1. The van der Waals surface area contributed by atoms with Crippen molar-refractivity contribution in [1.29, 1.82) is 0 Å². The topological polar surface area (TPSA) is 38.7 Å². The molecular weight excluding hydrogens is 392 g/mol. The molecule has 1 saturated carbocycles. The van der Waals surface area contributed by atoms with Gasteiger partial charge in [0.1, 0.15) is 0 Å². The van der Waals surface area contributed by atoms with E-state index in [1.165, 1.54) is 11.1 Å². The van der Waals surface area contributed by atoms with Gasteiger partial charge in [-0.15, -0.1) is 0 Å². The molecule has 2 atom stereocenters. The fourth-order valence-corrected chi connectivity index (χ4v) is 5.73. The zero-order chi connectivity index (χ0) is 22.7. The van der Waals surface area contributed by atoms with E-state index in [0.717, 1.165) is 25.7 Å². The van der Waals surface area contributed by atoms with Gasteiger partial charge in [-0.1, -0.05) is 72.6 Å². The molecule has 0 aromatic heterocycles. The Morgan fingerprint density at radius 2 is 1.28 bits per heavy atom. The molecule has 170 valence electrons. The lowest BCUT2D eigenvalue weighted by Gasteiger charge is -2.46. The smallest absolute Gasteiger partial charge is 0.192 e. The second kappa shape index (κ2) is 9.94. The Bertz CT molecular complexity index is 550. The lowest BCUT2D eigenvalue weighted by molar-refractivity contribution is 0.130. The largest absolute Gasteiger partial charge is 0.410 e.